The van der Waals surface area contributed by atoms with Crippen LogP contribution in [0.15, 0.2) is 22.4 Å². The maximum absolute atomic E-state index is 15.3. The van der Waals surface area contributed by atoms with Crippen LogP contribution in [0.5, 0.6) is 0 Å². The third-order valence-electron chi connectivity index (χ3n) is 5.47. The highest BCUT2D eigenvalue weighted by molar-refractivity contribution is 7.16. The highest BCUT2D eigenvalue weighted by atomic mass is 32.1. The Labute approximate surface area is 174 Å². The number of nitrogens with zero attached hydrogens (tertiary/aromatic N) is 2. The van der Waals surface area contributed by atoms with Gasteiger partial charge in [0.25, 0.3) is 0 Å². The second-order valence-corrected chi connectivity index (χ2v) is 7.93. The van der Waals surface area contributed by atoms with Gasteiger partial charge in [0, 0.05) is 24.2 Å². The summed E-state index contributed by atoms with van der Waals surface area (Å²) in [6.07, 6.45) is 2.63. The third kappa shape index (κ3) is 2.91. The van der Waals surface area contributed by atoms with E-state index in [1.165, 1.54) is 4.40 Å². The van der Waals surface area contributed by atoms with Crippen LogP contribution in [0.3, 0.4) is 0 Å². The second-order valence-electron chi connectivity index (χ2n) is 7.03. The van der Waals surface area contributed by atoms with Crippen LogP contribution in [0.4, 0.5) is 10.1 Å². The van der Waals surface area contributed by atoms with Crippen molar-refractivity contribution in [3.63, 3.8) is 0 Å². The number of ether oxygens (including phenoxy) is 1. The number of hydrogen-bond acceptors (Lipinski definition) is 8. The Bertz CT molecular complexity index is 1220. The van der Waals surface area contributed by atoms with Crippen molar-refractivity contribution in [2.75, 3.05) is 24.7 Å². The number of halogens is 1. The lowest BCUT2D eigenvalue weighted by Crippen LogP contribution is -2.43. The first kappa shape index (κ1) is 20.5. The van der Waals surface area contributed by atoms with Crippen LogP contribution in [0.1, 0.15) is 34.1 Å². The highest BCUT2D eigenvalue weighted by Gasteiger charge is 2.35. The summed E-state index contributed by atoms with van der Waals surface area (Å²) >= 11 is 1.14. The lowest BCUT2D eigenvalue weighted by molar-refractivity contribution is 0.0527. The molecular formula is C20H20FN3O5S. The number of benzene rings is 1. The van der Waals surface area contributed by atoms with Crippen molar-refractivity contribution in [2.45, 2.75) is 25.4 Å². The molecule has 0 radical (unpaired) electrons. The standard InChI is InChI=1S/C20H20FN3O5S/c1-2-29-20(28)15-18(27)10-7-12(21)17(23-4-3-13(22)14(23)9-26)11(8-25)16(10)24-5-6-30-19(15)24/h5-8,13-14,26H,2-4,9,22H2,1H3/t13-,14-/m1/s1. The van der Waals surface area contributed by atoms with Gasteiger partial charge < -0.3 is 24.9 Å². The molecule has 1 aromatic carbocycles. The molecule has 0 aliphatic carbocycles. The molecule has 1 saturated heterocycles. The molecule has 1 aliphatic heterocycles. The number of aldehydes is 1. The van der Waals surface area contributed by atoms with Crippen molar-refractivity contribution >= 4 is 45.0 Å². The number of nitrogens with two attached hydrogens (primary N) is 1. The van der Waals surface area contributed by atoms with Gasteiger partial charge in [-0.2, -0.15) is 0 Å². The fourth-order valence-electron chi connectivity index (χ4n) is 4.13. The predicted molar refractivity (Wildman–Crippen MR) is 111 cm³/mol. The van der Waals surface area contributed by atoms with E-state index in [9.17, 15) is 19.5 Å². The molecule has 30 heavy (non-hydrogen) atoms. The van der Waals surface area contributed by atoms with Gasteiger partial charge in [0.2, 0.25) is 5.43 Å². The molecule has 0 unspecified atom stereocenters. The van der Waals surface area contributed by atoms with Crippen LogP contribution < -0.4 is 16.1 Å². The van der Waals surface area contributed by atoms with Crippen LogP contribution in [-0.2, 0) is 4.74 Å². The molecule has 158 valence electrons. The van der Waals surface area contributed by atoms with Gasteiger partial charge in [0.1, 0.15) is 16.2 Å². The van der Waals surface area contributed by atoms with Crippen molar-refractivity contribution in [3.05, 3.63) is 44.8 Å². The first-order valence-corrected chi connectivity index (χ1v) is 10.4. The Hall–Kier alpha value is -2.82. The Morgan fingerprint density at radius 3 is 2.93 bits per heavy atom. The largest absolute Gasteiger partial charge is 0.462 e. The van der Waals surface area contributed by atoms with E-state index in [2.05, 4.69) is 0 Å². The van der Waals surface area contributed by atoms with E-state index in [1.54, 1.807) is 23.4 Å². The quantitative estimate of drug-likeness (QED) is 0.463. The molecule has 0 bridgehead atoms. The van der Waals surface area contributed by atoms with Crippen LogP contribution in [0, 0.1) is 5.82 Å². The van der Waals surface area contributed by atoms with Gasteiger partial charge >= 0.3 is 5.97 Å². The van der Waals surface area contributed by atoms with E-state index >= 15 is 4.39 Å². The van der Waals surface area contributed by atoms with Crippen LogP contribution in [0.25, 0.3) is 15.7 Å². The molecule has 2 atom stereocenters. The Balaban J connectivity index is 2.09. The summed E-state index contributed by atoms with van der Waals surface area (Å²) < 4.78 is 21.8. The molecule has 3 heterocycles. The molecule has 1 aliphatic rings. The van der Waals surface area contributed by atoms with Crippen LogP contribution >= 0.6 is 11.3 Å². The number of aliphatic hydroxyl groups excluding tert-OH is 1. The van der Waals surface area contributed by atoms with Crippen LogP contribution in [0.2, 0.25) is 0 Å². The first-order valence-electron chi connectivity index (χ1n) is 9.47. The summed E-state index contributed by atoms with van der Waals surface area (Å²) in [4.78, 5) is 39.5. The zero-order chi connectivity index (χ0) is 21.6. The van der Waals surface area contributed by atoms with Crippen molar-refractivity contribution in [1.82, 2.24) is 4.40 Å². The number of anilines is 1. The number of hydrogen-bond donors (Lipinski definition) is 2. The third-order valence-corrected chi connectivity index (χ3v) is 6.35. The predicted octanol–water partition coefficient (Wildman–Crippen LogP) is 1.54. The van der Waals surface area contributed by atoms with Gasteiger partial charge in [-0.05, 0) is 19.4 Å². The normalized spacial score (nSPS) is 19.0. The van der Waals surface area contributed by atoms with Crippen molar-refractivity contribution < 1.29 is 23.8 Å². The van der Waals surface area contributed by atoms with Gasteiger partial charge in [-0.15, -0.1) is 11.3 Å². The fourth-order valence-corrected chi connectivity index (χ4v) is 5.00. The lowest BCUT2D eigenvalue weighted by Gasteiger charge is -2.29. The van der Waals surface area contributed by atoms with Gasteiger partial charge in [0.05, 0.1) is 41.4 Å². The number of pyridine rings is 1. The number of aliphatic hydroxyl groups is 1. The lowest BCUT2D eigenvalue weighted by atomic mass is 10.0. The fraction of sp³-hybridized carbons (Fsp3) is 0.350. The van der Waals surface area contributed by atoms with E-state index in [0.717, 1.165) is 17.4 Å². The average Bonchev–Trinajstić information content (AvgIpc) is 3.33. The molecule has 8 nitrogen and oxygen atoms in total. The smallest absolute Gasteiger partial charge is 0.345 e. The minimum atomic E-state index is -0.799. The number of carbonyl (C=O) groups excluding carboxylic acids is 2. The van der Waals surface area contributed by atoms with Crippen molar-refractivity contribution in [3.8, 4) is 0 Å². The summed E-state index contributed by atoms with van der Waals surface area (Å²) in [6.45, 7) is 1.76. The van der Waals surface area contributed by atoms with Crippen molar-refractivity contribution in [2.24, 2.45) is 5.73 Å². The Morgan fingerprint density at radius 2 is 2.27 bits per heavy atom. The minimum absolute atomic E-state index is 0.00668. The molecule has 2 aromatic heterocycles. The number of esters is 1. The molecule has 0 saturated carbocycles. The summed E-state index contributed by atoms with van der Waals surface area (Å²) in [5.74, 6) is -1.59. The molecule has 3 N–H and O–H groups in total. The van der Waals surface area contributed by atoms with Crippen molar-refractivity contribution in [1.29, 1.82) is 0 Å². The number of aromatic nitrogens is 1. The van der Waals surface area contributed by atoms with Crippen LogP contribution in [-0.4, -0.2) is 53.6 Å². The zero-order valence-corrected chi connectivity index (χ0v) is 16.9. The molecule has 3 aromatic rings. The maximum Gasteiger partial charge on any atom is 0.345 e. The van der Waals surface area contributed by atoms with E-state index in [-0.39, 0.29) is 47.0 Å². The van der Waals surface area contributed by atoms with Gasteiger partial charge in [-0.25, -0.2) is 9.18 Å². The Morgan fingerprint density at radius 1 is 1.50 bits per heavy atom. The topological polar surface area (TPSA) is 114 Å². The van der Waals surface area contributed by atoms with E-state index in [4.69, 9.17) is 10.5 Å². The van der Waals surface area contributed by atoms with E-state index in [1.807, 2.05) is 0 Å². The first-order chi connectivity index (χ1) is 14.4. The second kappa shape index (κ2) is 7.78. The van der Waals surface area contributed by atoms with E-state index < -0.39 is 23.3 Å². The molecule has 0 spiro atoms. The maximum atomic E-state index is 15.3. The number of thiazole rings is 1. The zero-order valence-electron chi connectivity index (χ0n) is 16.1. The van der Waals surface area contributed by atoms with Gasteiger partial charge in [-0.3, -0.25) is 9.59 Å². The molecule has 0 amide bonds. The summed E-state index contributed by atoms with van der Waals surface area (Å²) in [6, 6.07) is 0.106. The molecular weight excluding hydrogens is 413 g/mol. The van der Waals surface area contributed by atoms with Gasteiger partial charge in [-0.1, -0.05) is 0 Å². The summed E-state index contributed by atoms with van der Waals surface area (Å²) in [7, 11) is 0. The monoisotopic (exact) mass is 433 g/mol. The minimum Gasteiger partial charge on any atom is -0.462 e. The number of rotatable bonds is 5. The molecule has 1 fully saturated rings. The molecule has 10 heteroatoms. The highest BCUT2D eigenvalue weighted by Crippen LogP contribution is 2.35. The summed E-state index contributed by atoms with van der Waals surface area (Å²) in [5, 5.41) is 11.3. The number of carbonyl (C=O) groups is 2. The number of fused-ring (bicyclic) bond motifs is 3. The average molecular weight is 433 g/mol. The van der Waals surface area contributed by atoms with E-state index in [0.29, 0.717) is 24.1 Å². The Kier molecular flexibility index (Phi) is 5.31. The molecule has 4 rings (SSSR count). The SMILES string of the molecule is CCOC(=O)c1c(=O)c2cc(F)c(N3CC[C@@H](N)[C@H]3CO)c(C=O)c2n2ccsc12. The summed E-state index contributed by atoms with van der Waals surface area (Å²) in [5.41, 5.74) is 5.31. The van der Waals surface area contributed by atoms with Gasteiger partial charge in [0.15, 0.2) is 6.29 Å².